The van der Waals surface area contributed by atoms with Crippen LogP contribution >= 0.6 is 11.6 Å². The number of piperazine rings is 1. The number of halogens is 1. The third kappa shape index (κ3) is 3.33. The van der Waals surface area contributed by atoms with Gasteiger partial charge in [-0.1, -0.05) is 6.92 Å². The lowest BCUT2D eigenvalue weighted by Crippen LogP contribution is -2.51. The zero-order chi connectivity index (χ0) is 12.3. The van der Waals surface area contributed by atoms with E-state index in [2.05, 4.69) is 0 Å². The van der Waals surface area contributed by atoms with Gasteiger partial charge in [-0.25, -0.2) is 8.42 Å². The standard InChI is InChI=1S/C9H17ClN2O3S/c1-3-8(10)9(13)11-4-6-12(7-5-11)16(2,14)15/h8H,3-7H2,1-2H3/t8-/m1/s1. The van der Waals surface area contributed by atoms with Crippen molar-refractivity contribution < 1.29 is 13.2 Å². The Balaban J connectivity index is 2.53. The second kappa shape index (κ2) is 5.33. The van der Waals surface area contributed by atoms with E-state index in [1.54, 1.807) is 4.90 Å². The first-order chi connectivity index (χ1) is 7.36. The summed E-state index contributed by atoms with van der Waals surface area (Å²) in [5, 5.41) is -0.496. The Morgan fingerprint density at radius 3 is 2.19 bits per heavy atom. The summed E-state index contributed by atoms with van der Waals surface area (Å²) in [6, 6.07) is 0. The van der Waals surface area contributed by atoms with Crippen molar-refractivity contribution in [1.82, 2.24) is 9.21 Å². The van der Waals surface area contributed by atoms with Crippen LogP contribution in [0.1, 0.15) is 13.3 Å². The van der Waals surface area contributed by atoms with Gasteiger partial charge in [-0.3, -0.25) is 4.79 Å². The van der Waals surface area contributed by atoms with Crippen LogP contribution in [0, 0.1) is 0 Å². The lowest BCUT2D eigenvalue weighted by molar-refractivity contribution is -0.132. The van der Waals surface area contributed by atoms with Crippen LogP contribution in [-0.4, -0.2) is 61.3 Å². The monoisotopic (exact) mass is 268 g/mol. The fraction of sp³-hybridized carbons (Fsp3) is 0.889. The first-order valence-corrected chi connectivity index (χ1v) is 7.52. The van der Waals surface area contributed by atoms with Gasteiger partial charge in [-0.15, -0.1) is 11.6 Å². The molecule has 0 aromatic heterocycles. The number of hydrogen-bond acceptors (Lipinski definition) is 3. The minimum absolute atomic E-state index is 0.0997. The molecule has 0 bridgehead atoms. The first-order valence-electron chi connectivity index (χ1n) is 5.24. The summed E-state index contributed by atoms with van der Waals surface area (Å²) in [7, 11) is -3.14. The SMILES string of the molecule is CC[C@@H](Cl)C(=O)N1CCN(S(C)(=O)=O)CC1. The minimum Gasteiger partial charge on any atom is -0.339 e. The molecule has 1 fully saturated rings. The average molecular weight is 269 g/mol. The number of carbonyl (C=O) groups excluding carboxylic acids is 1. The molecule has 0 aromatic carbocycles. The van der Waals surface area contributed by atoms with E-state index in [-0.39, 0.29) is 5.91 Å². The van der Waals surface area contributed by atoms with E-state index in [1.165, 1.54) is 10.6 Å². The fourth-order valence-corrected chi connectivity index (χ4v) is 2.58. The third-order valence-electron chi connectivity index (χ3n) is 2.65. The molecule has 1 atom stereocenters. The van der Waals surface area contributed by atoms with Crippen molar-refractivity contribution in [1.29, 1.82) is 0 Å². The summed E-state index contributed by atoms with van der Waals surface area (Å²) in [6.07, 6.45) is 1.77. The molecule has 1 heterocycles. The Morgan fingerprint density at radius 1 is 1.31 bits per heavy atom. The topological polar surface area (TPSA) is 57.7 Å². The first kappa shape index (κ1) is 13.7. The lowest BCUT2D eigenvalue weighted by atomic mass is 10.2. The Hall–Kier alpha value is -0.330. The minimum atomic E-state index is -3.14. The molecule has 7 heteroatoms. The van der Waals surface area contributed by atoms with E-state index in [9.17, 15) is 13.2 Å². The van der Waals surface area contributed by atoms with Crippen LogP contribution in [0.25, 0.3) is 0 Å². The van der Waals surface area contributed by atoms with E-state index in [0.717, 1.165) is 0 Å². The van der Waals surface area contributed by atoms with Crippen LogP contribution in [0.5, 0.6) is 0 Å². The predicted molar refractivity (Wildman–Crippen MR) is 62.9 cm³/mol. The summed E-state index contributed by atoms with van der Waals surface area (Å²) < 4.78 is 23.9. The number of hydrogen-bond donors (Lipinski definition) is 0. The Labute approximate surface area is 101 Å². The molecule has 0 spiro atoms. The average Bonchev–Trinajstić information content (AvgIpc) is 2.26. The molecule has 1 rings (SSSR count). The van der Waals surface area contributed by atoms with Crippen molar-refractivity contribution in [2.24, 2.45) is 0 Å². The van der Waals surface area contributed by atoms with Crippen LogP contribution < -0.4 is 0 Å². The fourth-order valence-electron chi connectivity index (χ4n) is 1.61. The number of sulfonamides is 1. The van der Waals surface area contributed by atoms with Crippen molar-refractivity contribution in [2.75, 3.05) is 32.4 Å². The normalized spacial score (nSPS) is 20.8. The molecule has 1 aliphatic heterocycles. The molecule has 1 saturated heterocycles. The lowest BCUT2D eigenvalue weighted by Gasteiger charge is -2.34. The second-order valence-electron chi connectivity index (χ2n) is 3.86. The Kier molecular flexibility index (Phi) is 4.58. The molecule has 0 radical (unpaired) electrons. The summed E-state index contributed by atoms with van der Waals surface area (Å²) in [5.41, 5.74) is 0. The van der Waals surface area contributed by atoms with Crippen LogP contribution in [0.4, 0.5) is 0 Å². The summed E-state index contributed by atoms with van der Waals surface area (Å²) in [4.78, 5) is 13.3. The zero-order valence-corrected chi connectivity index (χ0v) is 11.1. The molecular weight excluding hydrogens is 252 g/mol. The van der Waals surface area contributed by atoms with E-state index in [4.69, 9.17) is 11.6 Å². The summed E-state index contributed by atoms with van der Waals surface area (Å²) in [5.74, 6) is -0.0997. The molecule has 1 aliphatic rings. The molecule has 0 N–H and O–H groups in total. The summed E-state index contributed by atoms with van der Waals surface area (Å²) in [6.45, 7) is 3.42. The molecular formula is C9H17ClN2O3S. The maximum absolute atomic E-state index is 11.7. The van der Waals surface area contributed by atoms with Crippen molar-refractivity contribution >= 4 is 27.5 Å². The van der Waals surface area contributed by atoms with Crippen LogP contribution in [0.2, 0.25) is 0 Å². The second-order valence-corrected chi connectivity index (χ2v) is 6.37. The Morgan fingerprint density at radius 2 is 1.81 bits per heavy atom. The predicted octanol–water partition coefficient (Wildman–Crippen LogP) is 0.108. The molecule has 16 heavy (non-hydrogen) atoms. The Bertz CT molecular complexity index is 350. The van der Waals surface area contributed by atoms with Gasteiger partial charge in [-0.2, -0.15) is 4.31 Å². The molecule has 0 aliphatic carbocycles. The molecule has 94 valence electrons. The van der Waals surface area contributed by atoms with E-state index >= 15 is 0 Å². The largest absolute Gasteiger partial charge is 0.339 e. The van der Waals surface area contributed by atoms with Crippen molar-refractivity contribution in [3.63, 3.8) is 0 Å². The van der Waals surface area contributed by atoms with Gasteiger partial charge in [0.25, 0.3) is 0 Å². The quantitative estimate of drug-likeness (QED) is 0.683. The smallest absolute Gasteiger partial charge is 0.240 e. The number of amides is 1. The summed E-state index contributed by atoms with van der Waals surface area (Å²) >= 11 is 5.85. The van der Waals surface area contributed by atoms with Gasteiger partial charge in [0.1, 0.15) is 5.38 Å². The van der Waals surface area contributed by atoms with Crippen LogP contribution in [0.3, 0.4) is 0 Å². The zero-order valence-electron chi connectivity index (χ0n) is 9.52. The van der Waals surface area contributed by atoms with Crippen LogP contribution in [0.15, 0.2) is 0 Å². The highest BCUT2D eigenvalue weighted by Gasteiger charge is 2.28. The third-order valence-corrected chi connectivity index (χ3v) is 4.44. The van der Waals surface area contributed by atoms with Gasteiger partial charge in [0, 0.05) is 26.2 Å². The van der Waals surface area contributed by atoms with E-state index < -0.39 is 15.4 Å². The van der Waals surface area contributed by atoms with Gasteiger partial charge in [0.2, 0.25) is 15.9 Å². The van der Waals surface area contributed by atoms with Gasteiger partial charge in [0.05, 0.1) is 6.26 Å². The van der Waals surface area contributed by atoms with Gasteiger partial charge in [0.15, 0.2) is 0 Å². The van der Waals surface area contributed by atoms with Crippen molar-refractivity contribution in [3.8, 4) is 0 Å². The molecule has 1 amide bonds. The van der Waals surface area contributed by atoms with Gasteiger partial charge < -0.3 is 4.90 Å². The van der Waals surface area contributed by atoms with Crippen molar-refractivity contribution in [2.45, 2.75) is 18.7 Å². The number of rotatable bonds is 3. The highest BCUT2D eigenvalue weighted by molar-refractivity contribution is 7.88. The van der Waals surface area contributed by atoms with Crippen molar-refractivity contribution in [3.05, 3.63) is 0 Å². The van der Waals surface area contributed by atoms with Crippen LogP contribution in [-0.2, 0) is 14.8 Å². The van der Waals surface area contributed by atoms with Gasteiger partial charge in [-0.05, 0) is 6.42 Å². The molecule has 0 aromatic rings. The van der Waals surface area contributed by atoms with E-state index in [1.807, 2.05) is 6.92 Å². The molecule has 0 saturated carbocycles. The highest BCUT2D eigenvalue weighted by atomic mass is 35.5. The number of carbonyl (C=O) groups is 1. The van der Waals surface area contributed by atoms with Gasteiger partial charge >= 0.3 is 0 Å². The maximum Gasteiger partial charge on any atom is 0.240 e. The number of nitrogens with zero attached hydrogens (tertiary/aromatic N) is 2. The maximum atomic E-state index is 11.7. The highest BCUT2D eigenvalue weighted by Crippen LogP contribution is 2.11. The number of alkyl halides is 1. The molecule has 5 nitrogen and oxygen atoms in total. The molecule has 0 unspecified atom stereocenters. The van der Waals surface area contributed by atoms with E-state index in [0.29, 0.717) is 32.6 Å².